The van der Waals surface area contributed by atoms with Crippen LogP contribution in [0.4, 0.5) is 0 Å². The third-order valence-electron chi connectivity index (χ3n) is 2.20. The SMILES string of the molecule is CCCCNC(=O)C(C)C[C@@H](N)C(=O)O. The summed E-state index contributed by atoms with van der Waals surface area (Å²) in [5.74, 6) is -1.55. The molecule has 0 aliphatic carbocycles. The lowest BCUT2D eigenvalue weighted by molar-refractivity contribution is -0.139. The second-order valence-corrected chi connectivity index (χ2v) is 3.73. The number of carbonyl (C=O) groups is 2. The second kappa shape index (κ2) is 7.23. The number of hydrogen-bond acceptors (Lipinski definition) is 3. The van der Waals surface area contributed by atoms with Crippen molar-refractivity contribution in [1.29, 1.82) is 0 Å². The number of hydrogen-bond donors (Lipinski definition) is 3. The molecule has 5 nitrogen and oxygen atoms in total. The van der Waals surface area contributed by atoms with Crippen LogP contribution in [0.25, 0.3) is 0 Å². The molecule has 0 heterocycles. The molecule has 0 bridgehead atoms. The van der Waals surface area contributed by atoms with Gasteiger partial charge in [-0.3, -0.25) is 9.59 Å². The Hall–Kier alpha value is -1.10. The summed E-state index contributed by atoms with van der Waals surface area (Å²) in [6, 6.07) is -0.961. The van der Waals surface area contributed by atoms with Crippen LogP contribution in [-0.2, 0) is 9.59 Å². The smallest absolute Gasteiger partial charge is 0.320 e. The molecule has 4 N–H and O–H groups in total. The zero-order valence-electron chi connectivity index (χ0n) is 9.32. The van der Waals surface area contributed by atoms with Crippen LogP contribution < -0.4 is 11.1 Å². The van der Waals surface area contributed by atoms with E-state index >= 15 is 0 Å². The molecule has 0 saturated carbocycles. The van der Waals surface area contributed by atoms with Crippen molar-refractivity contribution in [2.75, 3.05) is 6.54 Å². The van der Waals surface area contributed by atoms with E-state index in [1.807, 2.05) is 6.92 Å². The van der Waals surface area contributed by atoms with Crippen LogP contribution in [0, 0.1) is 5.92 Å². The number of nitrogens with two attached hydrogens (primary N) is 1. The van der Waals surface area contributed by atoms with Gasteiger partial charge in [0.15, 0.2) is 0 Å². The maximum absolute atomic E-state index is 11.4. The summed E-state index contributed by atoms with van der Waals surface area (Å²) in [6.07, 6.45) is 2.13. The van der Waals surface area contributed by atoms with Gasteiger partial charge in [-0.1, -0.05) is 20.3 Å². The van der Waals surface area contributed by atoms with Gasteiger partial charge >= 0.3 is 5.97 Å². The topological polar surface area (TPSA) is 92.4 Å². The monoisotopic (exact) mass is 216 g/mol. The molecule has 0 rings (SSSR count). The van der Waals surface area contributed by atoms with Crippen molar-refractivity contribution in [2.45, 2.75) is 39.2 Å². The van der Waals surface area contributed by atoms with Crippen molar-refractivity contribution in [3.05, 3.63) is 0 Å². The average Bonchev–Trinajstić information content (AvgIpc) is 2.17. The van der Waals surface area contributed by atoms with Crippen molar-refractivity contribution >= 4 is 11.9 Å². The Morgan fingerprint density at radius 1 is 1.47 bits per heavy atom. The van der Waals surface area contributed by atoms with Crippen LogP contribution in [-0.4, -0.2) is 29.6 Å². The van der Waals surface area contributed by atoms with Crippen LogP contribution in [0.1, 0.15) is 33.1 Å². The minimum Gasteiger partial charge on any atom is -0.480 e. The van der Waals surface area contributed by atoms with Gasteiger partial charge in [-0.25, -0.2) is 0 Å². The molecule has 0 aromatic rings. The minimum absolute atomic E-state index is 0.125. The fourth-order valence-electron chi connectivity index (χ4n) is 1.15. The maximum Gasteiger partial charge on any atom is 0.320 e. The third kappa shape index (κ3) is 6.06. The van der Waals surface area contributed by atoms with Crippen LogP contribution >= 0.6 is 0 Å². The highest BCUT2D eigenvalue weighted by Gasteiger charge is 2.20. The van der Waals surface area contributed by atoms with Gasteiger partial charge in [0.1, 0.15) is 6.04 Å². The summed E-state index contributed by atoms with van der Waals surface area (Å²) in [4.78, 5) is 21.9. The lowest BCUT2D eigenvalue weighted by Crippen LogP contribution is -2.37. The van der Waals surface area contributed by atoms with E-state index in [4.69, 9.17) is 10.8 Å². The van der Waals surface area contributed by atoms with E-state index in [1.54, 1.807) is 6.92 Å². The van der Waals surface area contributed by atoms with E-state index in [-0.39, 0.29) is 18.2 Å². The Morgan fingerprint density at radius 2 is 2.07 bits per heavy atom. The van der Waals surface area contributed by atoms with Gasteiger partial charge in [0.25, 0.3) is 0 Å². The summed E-state index contributed by atoms with van der Waals surface area (Å²) < 4.78 is 0. The van der Waals surface area contributed by atoms with Crippen molar-refractivity contribution in [3.63, 3.8) is 0 Å². The number of carbonyl (C=O) groups excluding carboxylic acids is 1. The Labute approximate surface area is 90.0 Å². The molecule has 1 unspecified atom stereocenters. The summed E-state index contributed by atoms with van der Waals surface area (Å²) in [7, 11) is 0. The standard InChI is InChI=1S/C10H20N2O3/c1-3-4-5-12-9(13)7(2)6-8(11)10(14)15/h7-8H,3-6,11H2,1-2H3,(H,12,13)(H,14,15)/t7?,8-/m1/s1. The highest BCUT2D eigenvalue weighted by molar-refractivity contribution is 5.80. The maximum atomic E-state index is 11.4. The van der Waals surface area contributed by atoms with Gasteiger partial charge in [0.05, 0.1) is 0 Å². The van der Waals surface area contributed by atoms with E-state index in [1.165, 1.54) is 0 Å². The predicted molar refractivity (Wildman–Crippen MR) is 57.3 cm³/mol. The minimum atomic E-state index is -1.07. The zero-order chi connectivity index (χ0) is 11.8. The van der Waals surface area contributed by atoms with Crippen molar-refractivity contribution in [1.82, 2.24) is 5.32 Å². The molecule has 88 valence electrons. The molecule has 0 saturated heterocycles. The molecule has 1 amide bonds. The highest BCUT2D eigenvalue weighted by atomic mass is 16.4. The first-order valence-corrected chi connectivity index (χ1v) is 5.25. The Morgan fingerprint density at radius 3 is 2.53 bits per heavy atom. The van der Waals surface area contributed by atoms with Gasteiger partial charge in [-0.05, 0) is 12.8 Å². The zero-order valence-corrected chi connectivity index (χ0v) is 9.32. The van der Waals surface area contributed by atoms with Gasteiger partial charge in [-0.15, -0.1) is 0 Å². The normalized spacial score (nSPS) is 14.3. The van der Waals surface area contributed by atoms with Crippen molar-refractivity contribution in [2.24, 2.45) is 11.7 Å². The lowest BCUT2D eigenvalue weighted by atomic mass is 10.0. The van der Waals surface area contributed by atoms with Gasteiger partial charge in [0, 0.05) is 12.5 Å². The fraction of sp³-hybridized carbons (Fsp3) is 0.800. The molecule has 0 spiro atoms. The molecule has 0 fully saturated rings. The number of amides is 1. The third-order valence-corrected chi connectivity index (χ3v) is 2.20. The predicted octanol–water partition coefficient (Wildman–Crippen LogP) is 0.341. The second-order valence-electron chi connectivity index (χ2n) is 3.73. The van der Waals surface area contributed by atoms with E-state index in [9.17, 15) is 9.59 Å². The molecule has 0 aliphatic heterocycles. The van der Waals surface area contributed by atoms with Crippen molar-refractivity contribution in [3.8, 4) is 0 Å². The van der Waals surface area contributed by atoms with Gasteiger partial charge in [0.2, 0.25) is 5.91 Å². The summed E-state index contributed by atoms with van der Waals surface area (Å²) in [5.41, 5.74) is 5.33. The van der Waals surface area contributed by atoms with Crippen LogP contribution in [0.15, 0.2) is 0 Å². The van der Waals surface area contributed by atoms with Crippen LogP contribution in [0.3, 0.4) is 0 Å². The molecule has 0 aromatic heterocycles. The molecule has 15 heavy (non-hydrogen) atoms. The number of rotatable bonds is 7. The number of unbranched alkanes of at least 4 members (excludes halogenated alkanes) is 1. The molecule has 0 aromatic carbocycles. The van der Waals surface area contributed by atoms with E-state index < -0.39 is 12.0 Å². The summed E-state index contributed by atoms with van der Waals surface area (Å²) in [5, 5.41) is 11.3. The number of carboxylic acids is 1. The molecule has 5 heteroatoms. The summed E-state index contributed by atoms with van der Waals surface area (Å²) in [6.45, 7) is 4.36. The van der Waals surface area contributed by atoms with E-state index in [2.05, 4.69) is 5.32 Å². The van der Waals surface area contributed by atoms with E-state index in [0.29, 0.717) is 6.54 Å². The molecule has 0 aliphatic rings. The molecular weight excluding hydrogens is 196 g/mol. The summed E-state index contributed by atoms with van der Waals surface area (Å²) >= 11 is 0. The largest absolute Gasteiger partial charge is 0.480 e. The van der Waals surface area contributed by atoms with Crippen molar-refractivity contribution < 1.29 is 14.7 Å². The number of nitrogens with one attached hydrogen (secondary N) is 1. The number of aliphatic carboxylic acids is 1. The van der Waals surface area contributed by atoms with Crippen LogP contribution in [0.2, 0.25) is 0 Å². The molecule has 0 radical (unpaired) electrons. The Kier molecular flexibility index (Phi) is 6.70. The van der Waals surface area contributed by atoms with Crippen LogP contribution in [0.5, 0.6) is 0 Å². The highest BCUT2D eigenvalue weighted by Crippen LogP contribution is 2.04. The Balaban J connectivity index is 3.83. The lowest BCUT2D eigenvalue weighted by Gasteiger charge is -2.14. The fourth-order valence-corrected chi connectivity index (χ4v) is 1.15. The molecule has 2 atom stereocenters. The van der Waals surface area contributed by atoms with E-state index in [0.717, 1.165) is 12.8 Å². The Bertz CT molecular complexity index is 219. The van der Waals surface area contributed by atoms with Gasteiger partial charge in [-0.2, -0.15) is 0 Å². The average molecular weight is 216 g/mol. The first-order chi connectivity index (χ1) is 6.99. The van der Waals surface area contributed by atoms with Gasteiger partial charge < -0.3 is 16.2 Å². The number of carboxylic acid groups (broad SMARTS) is 1. The quantitative estimate of drug-likeness (QED) is 0.535. The first kappa shape index (κ1) is 13.9. The molecular formula is C10H20N2O3. The first-order valence-electron chi connectivity index (χ1n) is 5.25.